The first kappa shape index (κ1) is 12.9. The number of likely N-dealkylation sites (N-methyl/N-ethyl adjacent to an activating group) is 1. The molecule has 0 spiro atoms. The van der Waals surface area contributed by atoms with Crippen LogP contribution in [0, 0.1) is 0 Å². The first-order valence-corrected chi connectivity index (χ1v) is 6.71. The Labute approximate surface area is 118 Å². The summed E-state index contributed by atoms with van der Waals surface area (Å²) in [5.41, 5.74) is 2.96. The van der Waals surface area contributed by atoms with Crippen LogP contribution in [-0.4, -0.2) is 30.9 Å². The predicted octanol–water partition coefficient (Wildman–Crippen LogP) is 2.53. The summed E-state index contributed by atoms with van der Waals surface area (Å²) >= 11 is 0. The average Bonchev–Trinajstić information content (AvgIpc) is 3.07. The number of rotatable bonds is 5. The van der Waals surface area contributed by atoms with Crippen molar-refractivity contribution in [1.82, 2.24) is 4.90 Å². The lowest BCUT2D eigenvalue weighted by atomic mass is 10.1. The van der Waals surface area contributed by atoms with Gasteiger partial charge in [0.2, 0.25) is 0 Å². The fraction of sp³-hybridized carbons (Fsp3) is 0.312. The molecule has 1 aromatic carbocycles. The van der Waals surface area contributed by atoms with Crippen molar-refractivity contribution in [3.8, 4) is 5.75 Å². The average molecular weight is 271 g/mol. The summed E-state index contributed by atoms with van der Waals surface area (Å²) in [4.78, 5) is 14.3. The molecule has 20 heavy (non-hydrogen) atoms. The van der Waals surface area contributed by atoms with E-state index < -0.39 is 0 Å². The Morgan fingerprint density at radius 2 is 2.25 bits per heavy atom. The molecule has 0 amide bonds. The maximum atomic E-state index is 12.3. The van der Waals surface area contributed by atoms with Gasteiger partial charge in [-0.2, -0.15) is 0 Å². The van der Waals surface area contributed by atoms with Gasteiger partial charge in [-0.15, -0.1) is 0 Å². The van der Waals surface area contributed by atoms with Gasteiger partial charge >= 0.3 is 0 Å². The Hall–Kier alpha value is -2.07. The zero-order valence-corrected chi connectivity index (χ0v) is 11.5. The Morgan fingerprint density at radius 3 is 3.05 bits per heavy atom. The molecular formula is C16H17NO3. The highest BCUT2D eigenvalue weighted by molar-refractivity contribution is 5.98. The Bertz CT molecular complexity index is 604. The highest BCUT2D eigenvalue weighted by Crippen LogP contribution is 2.26. The summed E-state index contributed by atoms with van der Waals surface area (Å²) in [5.74, 6) is 1.04. The van der Waals surface area contributed by atoms with Crippen LogP contribution in [0.3, 0.4) is 0 Å². The van der Waals surface area contributed by atoms with Gasteiger partial charge in [-0.3, -0.25) is 9.69 Å². The molecular weight excluding hydrogens is 254 g/mol. The molecule has 4 heteroatoms. The lowest BCUT2D eigenvalue weighted by Crippen LogP contribution is -2.25. The van der Waals surface area contributed by atoms with Gasteiger partial charge in [0.15, 0.2) is 5.78 Å². The molecule has 104 valence electrons. The maximum Gasteiger partial charge on any atom is 0.176 e. The minimum atomic E-state index is 0.130. The Balaban J connectivity index is 1.64. The molecule has 0 unspecified atom stereocenters. The fourth-order valence-electron chi connectivity index (χ4n) is 2.45. The standard InChI is InChI=1S/C16H17NO3/c1-17(9-12-4-6-19-11-12)10-15(18)13-2-3-16-14(8-13)5-7-20-16/h2-4,6,8,11H,5,7,9-10H2,1H3. The van der Waals surface area contributed by atoms with Crippen LogP contribution in [0.2, 0.25) is 0 Å². The van der Waals surface area contributed by atoms with Gasteiger partial charge in [-0.25, -0.2) is 0 Å². The van der Waals surface area contributed by atoms with E-state index >= 15 is 0 Å². The highest BCUT2D eigenvalue weighted by Gasteiger charge is 2.16. The van der Waals surface area contributed by atoms with Crippen molar-refractivity contribution in [2.75, 3.05) is 20.2 Å². The number of hydrogen-bond donors (Lipinski definition) is 0. The normalized spacial score (nSPS) is 13.3. The molecule has 0 fully saturated rings. The van der Waals surface area contributed by atoms with Crippen molar-refractivity contribution >= 4 is 5.78 Å². The lowest BCUT2D eigenvalue weighted by molar-refractivity contribution is 0.0943. The first-order valence-electron chi connectivity index (χ1n) is 6.71. The number of Topliss-reactive ketones (excluding diaryl/α,β-unsaturated/α-hetero) is 1. The number of nitrogens with zero attached hydrogens (tertiary/aromatic N) is 1. The third kappa shape index (κ3) is 2.75. The van der Waals surface area contributed by atoms with Crippen molar-refractivity contribution in [2.24, 2.45) is 0 Å². The summed E-state index contributed by atoms with van der Waals surface area (Å²) in [7, 11) is 1.93. The minimum absolute atomic E-state index is 0.130. The monoisotopic (exact) mass is 271 g/mol. The van der Waals surface area contributed by atoms with E-state index in [0.29, 0.717) is 19.7 Å². The second-order valence-electron chi connectivity index (χ2n) is 5.15. The molecule has 1 aliphatic rings. The SMILES string of the molecule is CN(CC(=O)c1ccc2c(c1)CCO2)Cc1ccoc1. The molecule has 1 aromatic heterocycles. The zero-order valence-electron chi connectivity index (χ0n) is 11.5. The van der Waals surface area contributed by atoms with Crippen LogP contribution in [0.5, 0.6) is 5.75 Å². The number of hydrogen-bond acceptors (Lipinski definition) is 4. The van der Waals surface area contributed by atoms with Crippen LogP contribution < -0.4 is 4.74 Å². The molecule has 4 nitrogen and oxygen atoms in total. The number of fused-ring (bicyclic) bond motifs is 1. The van der Waals surface area contributed by atoms with E-state index in [1.165, 1.54) is 0 Å². The number of carbonyl (C=O) groups is 1. The molecule has 0 saturated carbocycles. The van der Waals surface area contributed by atoms with Gasteiger partial charge < -0.3 is 9.15 Å². The summed E-state index contributed by atoms with van der Waals surface area (Å²) in [6, 6.07) is 7.61. The van der Waals surface area contributed by atoms with Crippen LogP contribution in [0.4, 0.5) is 0 Å². The minimum Gasteiger partial charge on any atom is -0.493 e. The lowest BCUT2D eigenvalue weighted by Gasteiger charge is -2.14. The Morgan fingerprint density at radius 1 is 1.35 bits per heavy atom. The van der Waals surface area contributed by atoms with Gasteiger partial charge in [0.1, 0.15) is 5.75 Å². The first-order chi connectivity index (χ1) is 9.72. The van der Waals surface area contributed by atoms with Gasteiger partial charge in [0.05, 0.1) is 25.7 Å². The van der Waals surface area contributed by atoms with E-state index in [-0.39, 0.29) is 5.78 Å². The molecule has 0 saturated heterocycles. The largest absolute Gasteiger partial charge is 0.493 e. The van der Waals surface area contributed by atoms with Gasteiger partial charge in [0, 0.05) is 24.1 Å². The van der Waals surface area contributed by atoms with Crippen LogP contribution in [0.15, 0.2) is 41.2 Å². The smallest absolute Gasteiger partial charge is 0.176 e. The summed E-state index contributed by atoms with van der Waals surface area (Å²) in [6.07, 6.45) is 4.24. The van der Waals surface area contributed by atoms with Crippen molar-refractivity contribution < 1.29 is 13.9 Å². The number of ether oxygens (including phenoxy) is 1. The van der Waals surface area contributed by atoms with E-state index in [1.807, 2.05) is 36.2 Å². The number of benzene rings is 1. The van der Waals surface area contributed by atoms with Crippen LogP contribution in [0.25, 0.3) is 0 Å². The molecule has 0 bridgehead atoms. The van der Waals surface area contributed by atoms with E-state index in [9.17, 15) is 4.79 Å². The molecule has 1 aliphatic heterocycles. The third-order valence-corrected chi connectivity index (χ3v) is 3.46. The van der Waals surface area contributed by atoms with Crippen LogP contribution in [0.1, 0.15) is 21.5 Å². The van der Waals surface area contributed by atoms with Crippen LogP contribution >= 0.6 is 0 Å². The second-order valence-corrected chi connectivity index (χ2v) is 5.15. The fourth-order valence-corrected chi connectivity index (χ4v) is 2.45. The summed E-state index contributed by atoms with van der Waals surface area (Å²) in [5, 5.41) is 0. The van der Waals surface area contributed by atoms with Crippen molar-refractivity contribution in [3.63, 3.8) is 0 Å². The van der Waals surface area contributed by atoms with E-state index in [1.54, 1.807) is 12.5 Å². The maximum absolute atomic E-state index is 12.3. The van der Waals surface area contributed by atoms with Crippen molar-refractivity contribution in [1.29, 1.82) is 0 Å². The van der Waals surface area contributed by atoms with E-state index in [2.05, 4.69) is 0 Å². The molecule has 0 aliphatic carbocycles. The van der Waals surface area contributed by atoms with Crippen molar-refractivity contribution in [2.45, 2.75) is 13.0 Å². The second kappa shape index (κ2) is 5.51. The summed E-state index contributed by atoms with van der Waals surface area (Å²) in [6.45, 7) is 1.81. The number of furan rings is 1. The molecule has 0 N–H and O–H groups in total. The zero-order chi connectivity index (χ0) is 13.9. The van der Waals surface area contributed by atoms with E-state index in [0.717, 1.165) is 28.9 Å². The predicted molar refractivity (Wildman–Crippen MR) is 75.0 cm³/mol. The van der Waals surface area contributed by atoms with Gasteiger partial charge in [0.25, 0.3) is 0 Å². The quantitative estimate of drug-likeness (QED) is 0.784. The number of carbonyl (C=O) groups excluding carboxylic acids is 1. The van der Waals surface area contributed by atoms with Gasteiger partial charge in [-0.05, 0) is 36.9 Å². The topological polar surface area (TPSA) is 42.7 Å². The molecule has 2 heterocycles. The van der Waals surface area contributed by atoms with E-state index in [4.69, 9.17) is 9.15 Å². The van der Waals surface area contributed by atoms with Crippen molar-refractivity contribution in [3.05, 3.63) is 53.5 Å². The molecule has 2 aromatic rings. The Kier molecular flexibility index (Phi) is 3.56. The third-order valence-electron chi connectivity index (χ3n) is 3.46. The van der Waals surface area contributed by atoms with Gasteiger partial charge in [-0.1, -0.05) is 0 Å². The highest BCUT2D eigenvalue weighted by atomic mass is 16.5. The molecule has 0 atom stereocenters. The van der Waals surface area contributed by atoms with Crippen LogP contribution in [-0.2, 0) is 13.0 Å². The summed E-state index contributed by atoms with van der Waals surface area (Å²) < 4.78 is 10.5. The molecule has 0 radical (unpaired) electrons. The number of ketones is 1. The molecule has 3 rings (SSSR count).